The van der Waals surface area contributed by atoms with Crippen molar-refractivity contribution in [2.45, 2.75) is 44.1 Å². The van der Waals surface area contributed by atoms with Crippen molar-refractivity contribution in [2.75, 3.05) is 13.2 Å². The van der Waals surface area contributed by atoms with E-state index in [1.165, 1.54) is 0 Å². The molecule has 0 spiro atoms. The lowest BCUT2D eigenvalue weighted by Crippen LogP contribution is -2.64. The van der Waals surface area contributed by atoms with Gasteiger partial charge in [0.05, 0.1) is 5.52 Å². The summed E-state index contributed by atoms with van der Waals surface area (Å²) in [6.45, 7) is 0.295. The highest BCUT2D eigenvalue weighted by atomic mass is 19.4. The molecule has 11 heteroatoms. The molecule has 0 aliphatic carbocycles. The van der Waals surface area contributed by atoms with E-state index >= 15 is 0 Å². The number of fused-ring (bicyclic) bond motifs is 3. The van der Waals surface area contributed by atoms with Gasteiger partial charge in [0.25, 0.3) is 0 Å². The van der Waals surface area contributed by atoms with Crippen LogP contribution in [0.1, 0.15) is 13.8 Å². The Labute approximate surface area is 178 Å². The number of rotatable bonds is 8. The van der Waals surface area contributed by atoms with E-state index in [0.717, 1.165) is 30.1 Å². The van der Waals surface area contributed by atoms with Crippen LogP contribution in [0.4, 0.5) is 30.7 Å². The van der Waals surface area contributed by atoms with Gasteiger partial charge in [-0.2, -0.15) is 30.7 Å². The van der Waals surface area contributed by atoms with Crippen LogP contribution >= 0.6 is 0 Å². The molecule has 1 heterocycles. The van der Waals surface area contributed by atoms with Gasteiger partial charge in [-0.1, -0.05) is 18.2 Å². The summed E-state index contributed by atoms with van der Waals surface area (Å²) in [6, 6.07) is 5.44. The molecule has 1 unspecified atom stereocenters. The molecular formula is C21H21F7N2O2. The van der Waals surface area contributed by atoms with Crippen molar-refractivity contribution < 1.29 is 40.6 Å². The standard InChI is InChI=1S/C21H21F7N2O2/c1-12(2)30(21(27,28)19(22,23)20(24,25)26)10-13(31)11-32-14-7-8-16-15-5-3-4-6-17(15)29-18(16)9-14/h3-9,12-13,29,31H,10-11H2,1-2H3. The number of aromatic amines is 1. The average molecular weight is 466 g/mol. The van der Waals surface area contributed by atoms with Crippen molar-refractivity contribution in [1.29, 1.82) is 0 Å². The SMILES string of the molecule is CC(C)N(CC(O)COc1ccc2c(c1)[nH]c1ccccc12)C(F)(F)C(F)(F)C(F)(F)F. The monoisotopic (exact) mass is 466 g/mol. The zero-order valence-electron chi connectivity index (χ0n) is 17.1. The summed E-state index contributed by atoms with van der Waals surface area (Å²) in [5, 5.41) is 11.9. The predicted octanol–water partition coefficient (Wildman–Crippen LogP) is 5.56. The summed E-state index contributed by atoms with van der Waals surface area (Å²) in [5.41, 5.74) is 1.58. The van der Waals surface area contributed by atoms with E-state index in [1.807, 2.05) is 24.3 Å². The first-order valence-electron chi connectivity index (χ1n) is 9.66. The lowest BCUT2D eigenvalue weighted by Gasteiger charge is -2.39. The Morgan fingerprint density at radius 1 is 0.938 bits per heavy atom. The highest BCUT2D eigenvalue weighted by Crippen LogP contribution is 2.48. The minimum atomic E-state index is -6.46. The van der Waals surface area contributed by atoms with Gasteiger partial charge in [0.2, 0.25) is 0 Å². The van der Waals surface area contributed by atoms with Crippen molar-refractivity contribution in [1.82, 2.24) is 9.88 Å². The molecule has 3 rings (SSSR count). The van der Waals surface area contributed by atoms with Crippen LogP contribution in [0.3, 0.4) is 0 Å². The largest absolute Gasteiger partial charge is 0.491 e. The number of nitrogens with one attached hydrogen (secondary N) is 1. The molecule has 2 N–H and O–H groups in total. The summed E-state index contributed by atoms with van der Waals surface area (Å²) in [4.78, 5) is 2.78. The summed E-state index contributed by atoms with van der Waals surface area (Å²) in [7, 11) is 0. The minimum Gasteiger partial charge on any atom is -0.491 e. The molecule has 0 saturated carbocycles. The quantitative estimate of drug-likeness (QED) is 0.338. The molecule has 0 amide bonds. The number of hydrogen-bond acceptors (Lipinski definition) is 3. The smallest absolute Gasteiger partial charge is 0.461 e. The second kappa shape index (κ2) is 8.43. The van der Waals surface area contributed by atoms with Gasteiger partial charge >= 0.3 is 18.1 Å². The number of para-hydroxylation sites is 1. The van der Waals surface area contributed by atoms with E-state index in [2.05, 4.69) is 4.98 Å². The number of aliphatic hydroxyl groups is 1. The van der Waals surface area contributed by atoms with E-state index in [9.17, 15) is 35.8 Å². The number of benzene rings is 2. The highest BCUT2D eigenvalue weighted by Gasteiger charge is 2.75. The molecule has 0 radical (unpaired) electrons. The van der Waals surface area contributed by atoms with Crippen molar-refractivity contribution >= 4 is 21.8 Å². The van der Waals surface area contributed by atoms with Crippen molar-refractivity contribution in [3.8, 4) is 5.75 Å². The Kier molecular flexibility index (Phi) is 6.36. The van der Waals surface area contributed by atoms with Crippen LogP contribution in [0.15, 0.2) is 42.5 Å². The number of aliphatic hydroxyl groups excluding tert-OH is 1. The lowest BCUT2D eigenvalue weighted by atomic mass is 10.1. The second-order valence-corrected chi connectivity index (χ2v) is 7.70. The van der Waals surface area contributed by atoms with Gasteiger partial charge in [-0.3, -0.25) is 0 Å². The number of H-pyrrole nitrogens is 1. The van der Waals surface area contributed by atoms with Crippen LogP contribution in [0.25, 0.3) is 21.8 Å². The maximum Gasteiger partial charge on any atom is 0.461 e. The van der Waals surface area contributed by atoms with Crippen LogP contribution < -0.4 is 4.74 Å². The van der Waals surface area contributed by atoms with E-state index < -0.39 is 43.4 Å². The van der Waals surface area contributed by atoms with E-state index in [4.69, 9.17) is 4.74 Å². The molecule has 32 heavy (non-hydrogen) atoms. The molecule has 2 aromatic carbocycles. The molecule has 0 bridgehead atoms. The third-order valence-electron chi connectivity index (χ3n) is 5.05. The Morgan fingerprint density at radius 2 is 1.56 bits per heavy atom. The topological polar surface area (TPSA) is 48.5 Å². The van der Waals surface area contributed by atoms with Gasteiger partial charge in [-0.15, -0.1) is 0 Å². The van der Waals surface area contributed by atoms with Crippen LogP contribution in [0.2, 0.25) is 0 Å². The summed E-state index contributed by atoms with van der Waals surface area (Å²) in [5.74, 6) is -6.04. The van der Waals surface area contributed by atoms with Crippen LogP contribution in [-0.2, 0) is 0 Å². The Morgan fingerprint density at radius 3 is 2.19 bits per heavy atom. The summed E-state index contributed by atoms with van der Waals surface area (Å²) in [6.07, 6.45) is -8.22. The molecular weight excluding hydrogens is 445 g/mol. The van der Waals surface area contributed by atoms with Gasteiger partial charge in [0.15, 0.2) is 0 Å². The average Bonchev–Trinajstić information content (AvgIpc) is 3.06. The van der Waals surface area contributed by atoms with Crippen molar-refractivity contribution in [3.05, 3.63) is 42.5 Å². The first kappa shape index (κ1) is 24.1. The van der Waals surface area contributed by atoms with Crippen molar-refractivity contribution in [3.63, 3.8) is 0 Å². The van der Waals surface area contributed by atoms with Gasteiger partial charge < -0.3 is 14.8 Å². The maximum absolute atomic E-state index is 14.1. The molecule has 0 aliphatic rings. The van der Waals surface area contributed by atoms with E-state index in [1.54, 1.807) is 18.2 Å². The molecule has 1 aromatic heterocycles. The molecule has 4 nitrogen and oxygen atoms in total. The number of aromatic nitrogens is 1. The number of halogens is 7. The molecule has 0 fully saturated rings. The second-order valence-electron chi connectivity index (χ2n) is 7.70. The number of ether oxygens (including phenoxy) is 1. The highest BCUT2D eigenvalue weighted by molar-refractivity contribution is 6.07. The zero-order valence-corrected chi connectivity index (χ0v) is 17.1. The van der Waals surface area contributed by atoms with Gasteiger partial charge in [-0.05, 0) is 32.0 Å². The minimum absolute atomic E-state index is 0.256. The van der Waals surface area contributed by atoms with Crippen LogP contribution in [-0.4, -0.2) is 58.4 Å². The molecule has 176 valence electrons. The molecule has 1 atom stereocenters. The zero-order chi connectivity index (χ0) is 23.9. The summed E-state index contributed by atoms with van der Waals surface area (Å²) < 4.78 is 98.0. The first-order chi connectivity index (χ1) is 14.8. The fourth-order valence-electron chi connectivity index (χ4n) is 3.40. The summed E-state index contributed by atoms with van der Waals surface area (Å²) >= 11 is 0. The number of alkyl halides is 7. The third-order valence-corrected chi connectivity index (χ3v) is 5.05. The normalized spacial score (nSPS) is 14.6. The van der Waals surface area contributed by atoms with Crippen LogP contribution in [0.5, 0.6) is 5.75 Å². The van der Waals surface area contributed by atoms with E-state index in [-0.39, 0.29) is 10.6 Å². The Balaban J connectivity index is 1.72. The Bertz CT molecular complexity index is 1080. The van der Waals surface area contributed by atoms with Gasteiger partial charge in [0.1, 0.15) is 18.5 Å². The van der Waals surface area contributed by atoms with Gasteiger partial charge in [0, 0.05) is 34.9 Å². The Hall–Kier alpha value is -2.53. The first-order valence-corrected chi connectivity index (χ1v) is 9.66. The predicted molar refractivity (Wildman–Crippen MR) is 105 cm³/mol. The van der Waals surface area contributed by atoms with E-state index in [0.29, 0.717) is 5.52 Å². The lowest BCUT2D eigenvalue weighted by molar-refractivity contribution is -0.393. The third kappa shape index (κ3) is 4.36. The molecule has 0 aliphatic heterocycles. The fourth-order valence-corrected chi connectivity index (χ4v) is 3.40. The van der Waals surface area contributed by atoms with Crippen LogP contribution in [0, 0.1) is 0 Å². The fraction of sp³-hybridized carbons (Fsp3) is 0.429. The number of nitrogens with zero attached hydrogens (tertiary/aromatic N) is 1. The maximum atomic E-state index is 14.1. The molecule has 3 aromatic rings. The molecule has 0 saturated heterocycles. The van der Waals surface area contributed by atoms with Crippen molar-refractivity contribution in [2.24, 2.45) is 0 Å². The van der Waals surface area contributed by atoms with Gasteiger partial charge in [-0.25, -0.2) is 4.90 Å². The number of hydrogen-bond donors (Lipinski definition) is 2.